The zero-order chi connectivity index (χ0) is 13.8. The number of carbonyl (C=O) groups is 2. The van der Waals surface area contributed by atoms with Gasteiger partial charge in [0.2, 0.25) is 5.91 Å². The summed E-state index contributed by atoms with van der Waals surface area (Å²) >= 11 is 0. The quantitative estimate of drug-likeness (QED) is 0.760. The van der Waals surface area contributed by atoms with Crippen LogP contribution in [-0.2, 0) is 9.53 Å². The number of hydrogen-bond donors (Lipinski definition) is 0. The molecule has 1 heterocycles. The van der Waals surface area contributed by atoms with Crippen molar-refractivity contribution in [2.45, 2.75) is 65.4 Å². The molecule has 1 aliphatic rings. The summed E-state index contributed by atoms with van der Waals surface area (Å²) in [4.78, 5) is 25.1. The third-order valence-corrected chi connectivity index (χ3v) is 3.14. The van der Waals surface area contributed by atoms with Gasteiger partial charge < -0.3 is 4.74 Å². The van der Waals surface area contributed by atoms with E-state index >= 15 is 0 Å². The van der Waals surface area contributed by atoms with Gasteiger partial charge in [0.15, 0.2) is 0 Å². The molecule has 18 heavy (non-hydrogen) atoms. The highest BCUT2D eigenvalue weighted by Gasteiger charge is 2.30. The van der Waals surface area contributed by atoms with Crippen LogP contribution in [0.4, 0.5) is 4.79 Å². The first-order valence-corrected chi connectivity index (χ1v) is 6.87. The van der Waals surface area contributed by atoms with Crippen LogP contribution in [0.25, 0.3) is 0 Å². The van der Waals surface area contributed by atoms with Crippen LogP contribution in [0, 0.1) is 5.92 Å². The first-order valence-electron chi connectivity index (χ1n) is 6.87. The molecule has 2 amide bonds. The van der Waals surface area contributed by atoms with Crippen molar-refractivity contribution in [2.75, 3.05) is 6.54 Å². The molecule has 0 N–H and O–H groups in total. The lowest BCUT2D eigenvalue weighted by Crippen LogP contribution is -2.40. The Balaban J connectivity index is 2.60. The second-order valence-electron chi connectivity index (χ2n) is 6.01. The second kappa shape index (κ2) is 6.21. The van der Waals surface area contributed by atoms with Gasteiger partial charge in [-0.1, -0.05) is 19.8 Å². The summed E-state index contributed by atoms with van der Waals surface area (Å²) < 4.78 is 5.26. The number of hydrogen-bond acceptors (Lipinski definition) is 3. The molecule has 0 spiro atoms. The zero-order valence-corrected chi connectivity index (χ0v) is 12.0. The van der Waals surface area contributed by atoms with Gasteiger partial charge in [-0.15, -0.1) is 0 Å². The molecule has 0 radical (unpaired) electrons. The molecule has 1 rings (SSSR count). The molecule has 1 unspecified atom stereocenters. The minimum absolute atomic E-state index is 0.0946. The van der Waals surface area contributed by atoms with E-state index in [0.29, 0.717) is 18.9 Å². The fourth-order valence-corrected chi connectivity index (χ4v) is 2.25. The summed E-state index contributed by atoms with van der Waals surface area (Å²) in [6, 6.07) is 0. The Morgan fingerprint density at radius 2 is 2.06 bits per heavy atom. The van der Waals surface area contributed by atoms with Gasteiger partial charge in [-0.3, -0.25) is 4.79 Å². The average Bonchev–Trinajstić information content (AvgIpc) is 2.39. The van der Waals surface area contributed by atoms with Crippen molar-refractivity contribution in [3.63, 3.8) is 0 Å². The predicted octanol–water partition coefficient (Wildman–Crippen LogP) is 3.35. The number of amides is 2. The maximum absolute atomic E-state index is 11.9. The fraction of sp³-hybridized carbons (Fsp3) is 0.857. The minimum atomic E-state index is -0.549. The molecule has 0 aliphatic carbocycles. The lowest BCUT2D eigenvalue weighted by molar-refractivity contribution is -0.129. The Hall–Kier alpha value is -1.06. The van der Waals surface area contributed by atoms with Crippen molar-refractivity contribution in [3.8, 4) is 0 Å². The van der Waals surface area contributed by atoms with Gasteiger partial charge >= 0.3 is 6.09 Å². The van der Waals surface area contributed by atoms with E-state index in [4.69, 9.17) is 4.74 Å². The van der Waals surface area contributed by atoms with Gasteiger partial charge in [0, 0.05) is 13.0 Å². The highest BCUT2D eigenvalue weighted by atomic mass is 16.6. The number of likely N-dealkylation sites (tertiary alicyclic amines) is 1. The van der Waals surface area contributed by atoms with Crippen LogP contribution in [0.3, 0.4) is 0 Å². The van der Waals surface area contributed by atoms with Crippen LogP contribution in [0.2, 0.25) is 0 Å². The van der Waals surface area contributed by atoms with Gasteiger partial charge in [0.25, 0.3) is 0 Å². The number of carbonyl (C=O) groups excluding carboxylic acids is 2. The van der Waals surface area contributed by atoms with E-state index in [1.807, 2.05) is 20.8 Å². The molecule has 1 fully saturated rings. The number of ether oxygens (including phenoxy) is 1. The van der Waals surface area contributed by atoms with Crippen molar-refractivity contribution in [3.05, 3.63) is 0 Å². The molecule has 1 saturated heterocycles. The molecule has 0 bridgehead atoms. The minimum Gasteiger partial charge on any atom is -0.443 e. The molecule has 104 valence electrons. The smallest absolute Gasteiger partial charge is 0.417 e. The predicted molar refractivity (Wildman–Crippen MR) is 70.2 cm³/mol. The summed E-state index contributed by atoms with van der Waals surface area (Å²) in [6.07, 6.45) is 4.03. The molecule has 4 nitrogen and oxygen atoms in total. The van der Waals surface area contributed by atoms with Crippen LogP contribution in [0.1, 0.15) is 59.8 Å². The third-order valence-electron chi connectivity index (χ3n) is 3.14. The summed E-state index contributed by atoms with van der Waals surface area (Å²) in [5.41, 5.74) is -0.549. The van der Waals surface area contributed by atoms with E-state index < -0.39 is 11.7 Å². The van der Waals surface area contributed by atoms with Gasteiger partial charge in [-0.25, -0.2) is 9.69 Å². The van der Waals surface area contributed by atoms with Crippen molar-refractivity contribution in [2.24, 2.45) is 5.92 Å². The average molecular weight is 255 g/mol. The van der Waals surface area contributed by atoms with Gasteiger partial charge in [-0.05, 0) is 39.5 Å². The molecule has 1 aliphatic heterocycles. The van der Waals surface area contributed by atoms with E-state index in [2.05, 4.69) is 6.92 Å². The summed E-state index contributed by atoms with van der Waals surface area (Å²) in [5.74, 6) is 0.467. The van der Waals surface area contributed by atoms with Gasteiger partial charge in [-0.2, -0.15) is 0 Å². The summed E-state index contributed by atoms with van der Waals surface area (Å²) in [6.45, 7) is 8.09. The van der Waals surface area contributed by atoms with Gasteiger partial charge in [0.1, 0.15) is 5.60 Å². The molecule has 1 atom stereocenters. The SMILES string of the molecule is CCCC1CCC(=O)N(C(=O)OC(C)(C)C)CC1. The van der Waals surface area contributed by atoms with E-state index in [1.165, 1.54) is 4.90 Å². The number of rotatable bonds is 2. The largest absolute Gasteiger partial charge is 0.443 e. The maximum Gasteiger partial charge on any atom is 0.417 e. The monoisotopic (exact) mass is 255 g/mol. The van der Waals surface area contributed by atoms with Gasteiger partial charge in [0.05, 0.1) is 0 Å². The fourth-order valence-electron chi connectivity index (χ4n) is 2.25. The van der Waals surface area contributed by atoms with Crippen LogP contribution in [0.5, 0.6) is 0 Å². The Kier molecular flexibility index (Phi) is 5.17. The Morgan fingerprint density at radius 1 is 1.39 bits per heavy atom. The Bertz CT molecular complexity index is 307. The van der Waals surface area contributed by atoms with Crippen LogP contribution < -0.4 is 0 Å². The Morgan fingerprint density at radius 3 is 2.61 bits per heavy atom. The molecule has 0 aromatic rings. The topological polar surface area (TPSA) is 46.6 Å². The molecule has 4 heteroatoms. The molecular formula is C14H25NO3. The number of imide groups is 1. The van der Waals surface area contributed by atoms with Crippen molar-refractivity contribution in [1.82, 2.24) is 4.90 Å². The lowest BCUT2D eigenvalue weighted by atomic mass is 9.96. The number of nitrogens with zero attached hydrogens (tertiary/aromatic N) is 1. The van der Waals surface area contributed by atoms with Crippen LogP contribution >= 0.6 is 0 Å². The van der Waals surface area contributed by atoms with Crippen molar-refractivity contribution in [1.29, 1.82) is 0 Å². The van der Waals surface area contributed by atoms with Crippen molar-refractivity contribution < 1.29 is 14.3 Å². The standard InChI is InChI=1S/C14H25NO3/c1-5-6-11-7-8-12(16)15(10-9-11)13(17)18-14(2,3)4/h11H,5-10H2,1-4H3. The van der Waals surface area contributed by atoms with E-state index in [9.17, 15) is 9.59 Å². The molecular weight excluding hydrogens is 230 g/mol. The van der Waals surface area contributed by atoms with Crippen LogP contribution in [0.15, 0.2) is 0 Å². The summed E-state index contributed by atoms with van der Waals surface area (Å²) in [7, 11) is 0. The van der Waals surface area contributed by atoms with E-state index in [-0.39, 0.29) is 5.91 Å². The maximum atomic E-state index is 11.9. The first-order chi connectivity index (χ1) is 8.33. The third kappa shape index (κ3) is 4.67. The van der Waals surface area contributed by atoms with Crippen molar-refractivity contribution >= 4 is 12.0 Å². The normalized spacial score (nSPS) is 21.7. The van der Waals surface area contributed by atoms with Crippen LogP contribution in [-0.4, -0.2) is 29.0 Å². The molecule has 0 saturated carbocycles. The summed E-state index contributed by atoms with van der Waals surface area (Å²) in [5, 5.41) is 0. The lowest BCUT2D eigenvalue weighted by Gasteiger charge is -2.25. The highest BCUT2D eigenvalue weighted by Crippen LogP contribution is 2.23. The second-order valence-corrected chi connectivity index (χ2v) is 6.01. The zero-order valence-electron chi connectivity index (χ0n) is 12.0. The molecule has 0 aromatic carbocycles. The van der Waals surface area contributed by atoms with E-state index in [0.717, 1.165) is 25.7 Å². The van der Waals surface area contributed by atoms with E-state index in [1.54, 1.807) is 0 Å². The first kappa shape index (κ1) is 15.0. The molecule has 0 aromatic heterocycles. The highest BCUT2D eigenvalue weighted by molar-refractivity contribution is 5.92. The Labute approximate surface area is 110 Å².